The largest absolute Gasteiger partial charge is 0.207 e. The van der Waals surface area contributed by atoms with E-state index in [-0.39, 0.29) is 5.82 Å². The van der Waals surface area contributed by atoms with E-state index >= 15 is 0 Å². The van der Waals surface area contributed by atoms with Gasteiger partial charge in [-0.15, -0.1) is 0 Å². The van der Waals surface area contributed by atoms with Gasteiger partial charge in [-0.25, -0.2) is 4.39 Å². The van der Waals surface area contributed by atoms with Crippen LogP contribution in [0.3, 0.4) is 0 Å². The van der Waals surface area contributed by atoms with Crippen LogP contribution in [0.1, 0.15) is 18.9 Å². The van der Waals surface area contributed by atoms with Crippen molar-refractivity contribution in [2.45, 2.75) is 19.1 Å². The number of benzene rings is 1. The Labute approximate surface area is 77.2 Å². The van der Waals surface area contributed by atoms with Gasteiger partial charge in [-0.05, 0) is 29.9 Å². The molecule has 2 heteroatoms. The van der Waals surface area contributed by atoms with Gasteiger partial charge < -0.3 is 0 Å². The van der Waals surface area contributed by atoms with E-state index in [9.17, 15) is 4.39 Å². The van der Waals surface area contributed by atoms with E-state index in [0.29, 0.717) is 0 Å². The maximum atomic E-state index is 12.5. The summed E-state index contributed by atoms with van der Waals surface area (Å²) in [6.45, 7) is 2.16. The number of halogens is 1. The second kappa shape index (κ2) is 5.20. The maximum absolute atomic E-state index is 12.5. The summed E-state index contributed by atoms with van der Waals surface area (Å²) in [6.07, 6.45) is 1.20. The minimum Gasteiger partial charge on any atom is -0.207 e. The molecule has 0 spiro atoms. The van der Waals surface area contributed by atoms with E-state index < -0.39 is 0 Å². The molecule has 0 aliphatic carbocycles. The van der Waals surface area contributed by atoms with Gasteiger partial charge in [-0.3, -0.25) is 0 Å². The molecule has 12 heavy (non-hydrogen) atoms. The summed E-state index contributed by atoms with van der Waals surface area (Å²) >= 11 is 1.89. The zero-order valence-corrected chi connectivity index (χ0v) is 8.03. The van der Waals surface area contributed by atoms with E-state index in [1.54, 1.807) is 0 Å². The monoisotopic (exact) mass is 184 g/mol. The van der Waals surface area contributed by atoms with Gasteiger partial charge in [0.15, 0.2) is 0 Å². The van der Waals surface area contributed by atoms with Gasteiger partial charge in [0.25, 0.3) is 0 Å². The molecule has 66 valence electrons. The Morgan fingerprint density at radius 1 is 1.25 bits per heavy atom. The van der Waals surface area contributed by atoms with E-state index in [2.05, 4.69) is 6.92 Å². The minimum absolute atomic E-state index is 0.153. The summed E-state index contributed by atoms with van der Waals surface area (Å²) in [5.74, 6) is 2.02. The van der Waals surface area contributed by atoms with Crippen molar-refractivity contribution in [1.82, 2.24) is 0 Å². The first-order valence-electron chi connectivity index (χ1n) is 4.15. The standard InChI is InChI=1S/C10H13FS/c1-2-7-12-8-9-3-5-10(11)6-4-9/h3-6H,2,7-8H2,1H3. The summed E-state index contributed by atoms with van der Waals surface area (Å²) in [5.41, 5.74) is 1.20. The number of rotatable bonds is 4. The molecule has 0 N–H and O–H groups in total. The molecule has 1 aromatic rings. The van der Waals surface area contributed by atoms with Crippen molar-refractivity contribution in [3.05, 3.63) is 35.6 Å². The van der Waals surface area contributed by atoms with Crippen molar-refractivity contribution in [3.8, 4) is 0 Å². The van der Waals surface area contributed by atoms with E-state index in [1.165, 1.54) is 29.9 Å². The molecule has 0 fully saturated rings. The van der Waals surface area contributed by atoms with Gasteiger partial charge in [0, 0.05) is 5.75 Å². The molecule has 0 aliphatic rings. The Morgan fingerprint density at radius 2 is 1.92 bits per heavy atom. The third-order valence-electron chi connectivity index (χ3n) is 1.53. The molecular weight excluding hydrogens is 171 g/mol. The lowest BCUT2D eigenvalue weighted by molar-refractivity contribution is 0.627. The van der Waals surface area contributed by atoms with Gasteiger partial charge in [0.1, 0.15) is 5.82 Å². The van der Waals surface area contributed by atoms with Gasteiger partial charge >= 0.3 is 0 Å². The highest BCUT2D eigenvalue weighted by atomic mass is 32.2. The molecule has 0 atom stereocenters. The van der Waals surface area contributed by atoms with Crippen LogP contribution in [-0.2, 0) is 5.75 Å². The molecule has 0 bridgehead atoms. The van der Waals surface area contributed by atoms with Crippen molar-refractivity contribution >= 4 is 11.8 Å². The van der Waals surface area contributed by atoms with Gasteiger partial charge in [-0.1, -0.05) is 19.1 Å². The summed E-state index contributed by atoms with van der Waals surface area (Å²) in [5, 5.41) is 0. The SMILES string of the molecule is CCCSCc1ccc(F)cc1. The fraction of sp³-hybridized carbons (Fsp3) is 0.400. The molecule has 0 saturated carbocycles. The minimum atomic E-state index is -0.153. The highest BCUT2D eigenvalue weighted by Gasteiger charge is 1.93. The van der Waals surface area contributed by atoms with E-state index in [1.807, 2.05) is 23.9 Å². The topological polar surface area (TPSA) is 0 Å². The van der Waals surface area contributed by atoms with Gasteiger partial charge in [-0.2, -0.15) is 11.8 Å². The summed E-state index contributed by atoms with van der Waals surface area (Å²) in [4.78, 5) is 0. The smallest absolute Gasteiger partial charge is 0.123 e. The summed E-state index contributed by atoms with van der Waals surface area (Å²) in [7, 11) is 0. The van der Waals surface area contributed by atoms with Crippen LogP contribution < -0.4 is 0 Å². The average molecular weight is 184 g/mol. The van der Waals surface area contributed by atoms with Crippen LogP contribution in [0, 0.1) is 5.82 Å². The van der Waals surface area contributed by atoms with Gasteiger partial charge in [0.05, 0.1) is 0 Å². The van der Waals surface area contributed by atoms with Crippen LogP contribution in [0.15, 0.2) is 24.3 Å². The van der Waals surface area contributed by atoms with Crippen LogP contribution in [0.2, 0.25) is 0 Å². The van der Waals surface area contributed by atoms with E-state index in [4.69, 9.17) is 0 Å². The molecule has 0 aromatic heterocycles. The lowest BCUT2D eigenvalue weighted by atomic mass is 10.2. The van der Waals surface area contributed by atoms with Gasteiger partial charge in [0.2, 0.25) is 0 Å². The van der Waals surface area contributed by atoms with Crippen molar-refractivity contribution in [3.63, 3.8) is 0 Å². The molecular formula is C10H13FS. The normalized spacial score (nSPS) is 10.2. The van der Waals surface area contributed by atoms with E-state index in [0.717, 1.165) is 5.75 Å². The maximum Gasteiger partial charge on any atom is 0.123 e. The van der Waals surface area contributed by atoms with Crippen molar-refractivity contribution < 1.29 is 4.39 Å². The molecule has 0 saturated heterocycles. The number of thioether (sulfide) groups is 1. The second-order valence-corrected chi connectivity index (χ2v) is 3.78. The third kappa shape index (κ3) is 3.26. The molecule has 0 nitrogen and oxygen atoms in total. The lowest BCUT2D eigenvalue weighted by Crippen LogP contribution is -1.82. The average Bonchev–Trinajstić information content (AvgIpc) is 2.09. The van der Waals surface area contributed by atoms with Crippen molar-refractivity contribution in [2.75, 3.05) is 5.75 Å². The number of hydrogen-bond donors (Lipinski definition) is 0. The Morgan fingerprint density at radius 3 is 2.50 bits per heavy atom. The lowest BCUT2D eigenvalue weighted by Gasteiger charge is -1.99. The Bertz CT molecular complexity index is 218. The highest BCUT2D eigenvalue weighted by Crippen LogP contribution is 2.13. The van der Waals surface area contributed by atoms with Crippen molar-refractivity contribution in [2.24, 2.45) is 0 Å². The molecule has 1 rings (SSSR count). The summed E-state index contributed by atoms with van der Waals surface area (Å²) in [6, 6.07) is 6.72. The number of hydrogen-bond acceptors (Lipinski definition) is 1. The quantitative estimate of drug-likeness (QED) is 0.646. The molecule has 0 amide bonds. The zero-order valence-electron chi connectivity index (χ0n) is 7.22. The molecule has 1 aromatic carbocycles. The first kappa shape index (κ1) is 9.59. The fourth-order valence-electron chi connectivity index (χ4n) is 0.915. The summed E-state index contributed by atoms with van der Waals surface area (Å²) < 4.78 is 12.5. The van der Waals surface area contributed by atoms with Crippen LogP contribution >= 0.6 is 11.8 Å². The molecule has 0 heterocycles. The molecule has 0 unspecified atom stereocenters. The Kier molecular flexibility index (Phi) is 4.15. The predicted octanol–water partition coefficient (Wildman–Crippen LogP) is 3.47. The van der Waals surface area contributed by atoms with Crippen molar-refractivity contribution in [1.29, 1.82) is 0 Å². The fourth-order valence-corrected chi connectivity index (χ4v) is 1.78. The first-order valence-corrected chi connectivity index (χ1v) is 5.30. The zero-order chi connectivity index (χ0) is 8.81. The second-order valence-electron chi connectivity index (χ2n) is 2.68. The van der Waals surface area contributed by atoms with Crippen LogP contribution in [0.5, 0.6) is 0 Å². The predicted molar refractivity (Wildman–Crippen MR) is 52.9 cm³/mol. The third-order valence-corrected chi connectivity index (χ3v) is 2.76. The molecule has 0 radical (unpaired) electrons. The first-order chi connectivity index (χ1) is 5.83. The van der Waals surface area contributed by atoms with Crippen LogP contribution in [0.4, 0.5) is 4.39 Å². The Balaban J connectivity index is 2.37. The van der Waals surface area contributed by atoms with Crippen LogP contribution in [0.25, 0.3) is 0 Å². The highest BCUT2D eigenvalue weighted by molar-refractivity contribution is 7.98. The van der Waals surface area contributed by atoms with Crippen LogP contribution in [-0.4, -0.2) is 5.75 Å². The Hall–Kier alpha value is -0.500. The molecule has 0 aliphatic heterocycles.